The number of aromatic nitrogens is 2. The van der Waals surface area contributed by atoms with E-state index in [2.05, 4.69) is 25.3 Å². The average molecular weight is 581 g/mol. The van der Waals surface area contributed by atoms with Crippen LogP contribution in [0.15, 0.2) is 72.9 Å². The highest BCUT2D eigenvalue weighted by Crippen LogP contribution is 2.37. The van der Waals surface area contributed by atoms with E-state index in [1.165, 1.54) is 24.3 Å². The summed E-state index contributed by atoms with van der Waals surface area (Å²) >= 11 is 5.86. The number of aryl methyl sites for hydroxylation is 1. The lowest BCUT2D eigenvalue weighted by atomic mass is 10.1. The summed E-state index contributed by atoms with van der Waals surface area (Å²) in [4.78, 5) is 20.4. The number of rotatable bonds is 7. The molecule has 4 aromatic rings. The molecule has 0 radical (unpaired) electrons. The predicted molar refractivity (Wildman–Crippen MR) is 138 cm³/mol. The Bertz CT molecular complexity index is 1510. The van der Waals surface area contributed by atoms with Crippen LogP contribution in [0.2, 0.25) is 0 Å². The number of amides is 1. The first kappa shape index (κ1) is 28.7. The summed E-state index contributed by atoms with van der Waals surface area (Å²) in [7, 11) is 0. The Balaban J connectivity index is 1.54. The second-order valence-electron chi connectivity index (χ2n) is 8.47. The van der Waals surface area contributed by atoms with Crippen LogP contribution < -0.4 is 15.4 Å². The summed E-state index contributed by atoms with van der Waals surface area (Å²) < 4.78 is 81.9. The molecule has 208 valence electrons. The van der Waals surface area contributed by atoms with Crippen molar-refractivity contribution in [2.75, 3.05) is 10.6 Å². The normalized spacial score (nSPS) is 11.7. The Morgan fingerprint density at radius 3 is 2.23 bits per heavy atom. The Morgan fingerprint density at radius 1 is 0.950 bits per heavy atom. The first-order valence-electron chi connectivity index (χ1n) is 11.5. The number of anilines is 3. The SMILES string of the molecule is Cc1ccc(CCl)cc1NC(=O)c1ccc(Nc2ncc(C(F)(F)F)c(-c3ccc(OC(F)(F)F)cc3)n2)cc1. The van der Waals surface area contributed by atoms with Gasteiger partial charge < -0.3 is 15.4 Å². The van der Waals surface area contributed by atoms with Crippen LogP contribution in [0.25, 0.3) is 11.3 Å². The second-order valence-corrected chi connectivity index (χ2v) is 8.73. The lowest BCUT2D eigenvalue weighted by Gasteiger charge is -2.15. The van der Waals surface area contributed by atoms with E-state index in [4.69, 9.17) is 11.6 Å². The Morgan fingerprint density at radius 2 is 1.62 bits per heavy atom. The average Bonchev–Trinajstić information content (AvgIpc) is 2.89. The summed E-state index contributed by atoms with van der Waals surface area (Å²) in [5, 5.41) is 5.58. The molecule has 2 N–H and O–H groups in total. The van der Waals surface area contributed by atoms with Crippen molar-refractivity contribution in [2.45, 2.75) is 25.3 Å². The monoisotopic (exact) mass is 580 g/mol. The van der Waals surface area contributed by atoms with Crippen LogP contribution in [0.1, 0.15) is 27.0 Å². The maximum Gasteiger partial charge on any atom is 0.573 e. The molecule has 0 aliphatic heterocycles. The quantitative estimate of drug-likeness (QED) is 0.171. The van der Waals surface area contributed by atoms with Crippen LogP contribution in [0, 0.1) is 6.92 Å². The van der Waals surface area contributed by atoms with Gasteiger partial charge in [0, 0.05) is 34.6 Å². The number of hydrogen-bond acceptors (Lipinski definition) is 5. The summed E-state index contributed by atoms with van der Waals surface area (Å²) in [6, 6.07) is 15.3. The van der Waals surface area contributed by atoms with Gasteiger partial charge in [-0.3, -0.25) is 4.79 Å². The molecule has 1 heterocycles. The molecule has 0 aliphatic rings. The van der Waals surface area contributed by atoms with Gasteiger partial charge in [0.1, 0.15) is 11.3 Å². The molecule has 0 saturated heterocycles. The van der Waals surface area contributed by atoms with Crippen molar-refractivity contribution in [3.63, 3.8) is 0 Å². The first-order chi connectivity index (χ1) is 18.8. The van der Waals surface area contributed by atoms with Gasteiger partial charge >= 0.3 is 12.5 Å². The number of ether oxygens (including phenoxy) is 1. The second kappa shape index (κ2) is 11.4. The van der Waals surface area contributed by atoms with E-state index in [-0.39, 0.29) is 23.3 Å². The molecule has 1 amide bonds. The van der Waals surface area contributed by atoms with Crippen molar-refractivity contribution in [3.8, 4) is 17.0 Å². The topological polar surface area (TPSA) is 76.1 Å². The molecular formula is C27H19ClF6N4O2. The van der Waals surface area contributed by atoms with Crippen molar-refractivity contribution in [3.05, 3.63) is 95.2 Å². The molecule has 0 saturated carbocycles. The molecule has 0 unspecified atom stereocenters. The smallest absolute Gasteiger partial charge is 0.406 e. The third kappa shape index (κ3) is 7.20. The predicted octanol–water partition coefficient (Wildman–Crippen LogP) is 8.10. The van der Waals surface area contributed by atoms with Crippen LogP contribution in [-0.2, 0) is 12.1 Å². The molecule has 0 aliphatic carbocycles. The maximum absolute atomic E-state index is 13.6. The molecular weight excluding hydrogens is 562 g/mol. The molecule has 3 aromatic carbocycles. The zero-order valence-corrected chi connectivity index (χ0v) is 21.2. The highest BCUT2D eigenvalue weighted by Gasteiger charge is 2.36. The highest BCUT2D eigenvalue weighted by atomic mass is 35.5. The minimum atomic E-state index is -4.95. The number of carbonyl (C=O) groups is 1. The van der Waals surface area contributed by atoms with Gasteiger partial charge in [-0.15, -0.1) is 24.8 Å². The number of nitrogens with zero attached hydrogens (tertiary/aromatic N) is 2. The Kier molecular flexibility index (Phi) is 8.19. The van der Waals surface area contributed by atoms with Crippen LogP contribution >= 0.6 is 11.6 Å². The van der Waals surface area contributed by atoms with Gasteiger partial charge in [-0.05, 0) is 72.6 Å². The minimum absolute atomic E-state index is 0.104. The minimum Gasteiger partial charge on any atom is -0.406 e. The molecule has 4 rings (SSSR count). The molecule has 0 atom stereocenters. The van der Waals surface area contributed by atoms with E-state index in [1.54, 1.807) is 6.07 Å². The summed E-state index contributed by atoms with van der Waals surface area (Å²) in [6.45, 7) is 1.84. The zero-order valence-electron chi connectivity index (χ0n) is 20.5. The van der Waals surface area contributed by atoms with Crippen LogP contribution in [0.3, 0.4) is 0 Å². The number of alkyl halides is 7. The van der Waals surface area contributed by atoms with E-state index in [9.17, 15) is 31.1 Å². The molecule has 6 nitrogen and oxygen atoms in total. The maximum atomic E-state index is 13.6. The fraction of sp³-hybridized carbons (Fsp3) is 0.148. The Hall–Kier alpha value is -4.32. The molecule has 0 fully saturated rings. The van der Waals surface area contributed by atoms with E-state index >= 15 is 0 Å². The lowest BCUT2D eigenvalue weighted by molar-refractivity contribution is -0.274. The Labute approximate surface area is 229 Å². The lowest BCUT2D eigenvalue weighted by Crippen LogP contribution is -2.17. The number of benzene rings is 3. The van der Waals surface area contributed by atoms with E-state index in [1.807, 2.05) is 19.1 Å². The molecule has 40 heavy (non-hydrogen) atoms. The fourth-order valence-corrected chi connectivity index (χ4v) is 3.77. The third-order valence-corrected chi connectivity index (χ3v) is 5.87. The molecule has 0 bridgehead atoms. The van der Waals surface area contributed by atoms with E-state index in [0.717, 1.165) is 35.4 Å². The third-order valence-electron chi connectivity index (χ3n) is 5.56. The van der Waals surface area contributed by atoms with Gasteiger partial charge in [0.25, 0.3) is 5.91 Å². The summed E-state index contributed by atoms with van der Waals surface area (Å²) in [5.41, 5.74) is 1.15. The van der Waals surface area contributed by atoms with Gasteiger partial charge in [-0.1, -0.05) is 12.1 Å². The van der Waals surface area contributed by atoms with Crippen molar-refractivity contribution < 1.29 is 35.9 Å². The van der Waals surface area contributed by atoms with Gasteiger partial charge in [0.2, 0.25) is 5.95 Å². The number of halogens is 7. The van der Waals surface area contributed by atoms with Gasteiger partial charge in [-0.2, -0.15) is 13.2 Å². The van der Waals surface area contributed by atoms with Crippen LogP contribution in [0.5, 0.6) is 5.75 Å². The highest BCUT2D eigenvalue weighted by molar-refractivity contribution is 6.17. The van der Waals surface area contributed by atoms with E-state index < -0.39 is 29.5 Å². The molecule has 13 heteroatoms. The van der Waals surface area contributed by atoms with Crippen molar-refractivity contribution in [2.24, 2.45) is 0 Å². The van der Waals surface area contributed by atoms with Gasteiger partial charge in [-0.25, -0.2) is 9.97 Å². The standard InChI is InChI=1S/C27H19ClF6N4O2/c1-15-2-3-16(13-28)12-22(15)37-24(39)18-4-8-19(9-5-18)36-25-35-14-21(26(29,30)31)23(38-25)17-6-10-20(11-7-17)40-27(32,33)34/h2-12,14H,13H2,1H3,(H,37,39)(H,35,36,38). The first-order valence-corrected chi connectivity index (χ1v) is 12.0. The summed E-state index contributed by atoms with van der Waals surface area (Å²) in [6.07, 6.45) is -9.20. The number of hydrogen-bond donors (Lipinski definition) is 2. The summed E-state index contributed by atoms with van der Waals surface area (Å²) in [5.74, 6) is -0.894. The molecule has 1 aromatic heterocycles. The van der Waals surface area contributed by atoms with Gasteiger partial charge in [0.05, 0.1) is 5.69 Å². The van der Waals surface area contributed by atoms with Crippen LogP contribution in [-0.4, -0.2) is 22.2 Å². The van der Waals surface area contributed by atoms with Crippen molar-refractivity contribution in [1.82, 2.24) is 9.97 Å². The van der Waals surface area contributed by atoms with Gasteiger partial charge in [0.15, 0.2) is 0 Å². The van der Waals surface area contributed by atoms with Crippen molar-refractivity contribution >= 4 is 34.8 Å². The van der Waals surface area contributed by atoms with E-state index in [0.29, 0.717) is 23.1 Å². The number of carbonyl (C=O) groups excluding carboxylic acids is 1. The zero-order chi connectivity index (χ0) is 29.1. The van der Waals surface area contributed by atoms with Crippen molar-refractivity contribution in [1.29, 1.82) is 0 Å². The van der Waals surface area contributed by atoms with Crippen LogP contribution in [0.4, 0.5) is 43.7 Å². The number of nitrogens with one attached hydrogen (secondary N) is 2. The fourth-order valence-electron chi connectivity index (χ4n) is 3.60. The molecule has 0 spiro atoms. The largest absolute Gasteiger partial charge is 0.573 e.